The van der Waals surface area contributed by atoms with Gasteiger partial charge in [0.15, 0.2) is 0 Å². The minimum atomic E-state index is -0.183. The van der Waals surface area contributed by atoms with Gasteiger partial charge >= 0.3 is 0 Å². The minimum absolute atomic E-state index is 0.0792. The van der Waals surface area contributed by atoms with E-state index in [9.17, 15) is 9.18 Å². The van der Waals surface area contributed by atoms with Crippen LogP contribution in [-0.2, 0) is 11.2 Å². The van der Waals surface area contributed by atoms with Gasteiger partial charge in [0.25, 0.3) is 0 Å². The highest BCUT2D eigenvalue weighted by Gasteiger charge is 2.28. The highest BCUT2D eigenvalue weighted by Crippen LogP contribution is 2.23. The van der Waals surface area contributed by atoms with Crippen molar-refractivity contribution in [3.8, 4) is 0 Å². The molecule has 1 aromatic carbocycles. The number of benzene rings is 1. The van der Waals surface area contributed by atoms with E-state index in [1.165, 1.54) is 11.6 Å². The number of likely N-dealkylation sites (N-methyl/N-ethyl adjacent to an activating group) is 1. The lowest BCUT2D eigenvalue weighted by molar-refractivity contribution is -0.131. The topological polar surface area (TPSA) is 32.3 Å². The van der Waals surface area contributed by atoms with Crippen LogP contribution in [0.2, 0.25) is 0 Å². The minimum Gasteiger partial charge on any atom is -0.347 e. The quantitative estimate of drug-likeness (QED) is 0.918. The second kappa shape index (κ2) is 6.35. The Kier molecular flexibility index (Phi) is 4.76. The molecule has 110 valence electrons. The monoisotopic (exact) mass is 278 g/mol. The predicted molar refractivity (Wildman–Crippen MR) is 78.0 cm³/mol. The van der Waals surface area contributed by atoms with E-state index in [4.69, 9.17) is 0 Å². The Bertz CT molecular complexity index is 487. The van der Waals surface area contributed by atoms with Crippen LogP contribution in [0, 0.1) is 18.7 Å². The van der Waals surface area contributed by atoms with E-state index in [0.717, 1.165) is 31.4 Å². The summed E-state index contributed by atoms with van der Waals surface area (Å²) < 4.78 is 13.1. The first-order valence-corrected chi connectivity index (χ1v) is 7.17. The van der Waals surface area contributed by atoms with Gasteiger partial charge in [-0.25, -0.2) is 4.39 Å². The molecule has 1 heterocycles. The van der Waals surface area contributed by atoms with Crippen molar-refractivity contribution in [1.82, 2.24) is 10.2 Å². The first-order valence-electron chi connectivity index (χ1n) is 7.17. The van der Waals surface area contributed by atoms with E-state index in [2.05, 4.69) is 5.32 Å². The van der Waals surface area contributed by atoms with Gasteiger partial charge in [-0.1, -0.05) is 6.07 Å². The number of nitrogens with one attached hydrogen (secondary N) is 1. The van der Waals surface area contributed by atoms with Crippen molar-refractivity contribution >= 4 is 5.91 Å². The van der Waals surface area contributed by atoms with Crippen molar-refractivity contribution in [2.24, 2.45) is 5.92 Å². The number of rotatable bonds is 3. The summed E-state index contributed by atoms with van der Waals surface area (Å²) >= 11 is 0. The highest BCUT2D eigenvalue weighted by molar-refractivity contribution is 5.81. The van der Waals surface area contributed by atoms with Crippen LogP contribution in [0.1, 0.15) is 24.0 Å². The smallest absolute Gasteiger partial charge is 0.239 e. The number of nitrogens with zero attached hydrogens (tertiary/aromatic N) is 1. The van der Waals surface area contributed by atoms with E-state index in [-0.39, 0.29) is 17.8 Å². The molecule has 0 spiro atoms. The van der Waals surface area contributed by atoms with Crippen molar-refractivity contribution in [1.29, 1.82) is 0 Å². The Labute approximate surface area is 120 Å². The summed E-state index contributed by atoms with van der Waals surface area (Å²) in [7, 11) is 3.58. The average Bonchev–Trinajstić information content (AvgIpc) is 2.41. The van der Waals surface area contributed by atoms with Gasteiger partial charge < -0.3 is 10.2 Å². The van der Waals surface area contributed by atoms with Gasteiger partial charge in [-0.05, 0) is 61.9 Å². The maximum atomic E-state index is 13.1. The third-order valence-corrected chi connectivity index (χ3v) is 4.06. The molecular weight excluding hydrogens is 255 g/mol. The van der Waals surface area contributed by atoms with Crippen LogP contribution in [0.4, 0.5) is 4.39 Å². The Hall–Kier alpha value is -1.42. The molecule has 1 aliphatic rings. The zero-order valence-electron chi connectivity index (χ0n) is 12.4. The van der Waals surface area contributed by atoms with Crippen molar-refractivity contribution in [3.63, 3.8) is 0 Å². The Balaban J connectivity index is 2.01. The molecule has 2 unspecified atom stereocenters. The van der Waals surface area contributed by atoms with Crippen LogP contribution in [0.25, 0.3) is 0 Å². The highest BCUT2D eigenvalue weighted by atomic mass is 19.1. The summed E-state index contributed by atoms with van der Waals surface area (Å²) in [5.41, 5.74) is 2.19. The van der Waals surface area contributed by atoms with Gasteiger partial charge in [-0.3, -0.25) is 4.79 Å². The summed E-state index contributed by atoms with van der Waals surface area (Å²) in [5, 5.41) is 3.29. The molecular formula is C16H23FN2O. The molecule has 3 nitrogen and oxygen atoms in total. The SMILES string of the molecule is Cc1cc(F)ccc1CC1CCNC(C(=O)N(C)C)C1. The molecule has 2 atom stereocenters. The van der Waals surface area contributed by atoms with Crippen molar-refractivity contribution in [2.45, 2.75) is 32.2 Å². The van der Waals surface area contributed by atoms with E-state index >= 15 is 0 Å². The molecule has 0 radical (unpaired) electrons. The maximum absolute atomic E-state index is 13.1. The van der Waals surface area contributed by atoms with Gasteiger partial charge in [0.05, 0.1) is 6.04 Å². The molecule has 1 aromatic rings. The van der Waals surface area contributed by atoms with Crippen molar-refractivity contribution in [3.05, 3.63) is 35.1 Å². The van der Waals surface area contributed by atoms with Gasteiger partial charge in [0.1, 0.15) is 5.82 Å². The van der Waals surface area contributed by atoms with Gasteiger partial charge in [0.2, 0.25) is 5.91 Å². The number of carbonyl (C=O) groups excluding carboxylic acids is 1. The fourth-order valence-corrected chi connectivity index (χ4v) is 2.88. The second-order valence-corrected chi connectivity index (χ2v) is 5.90. The third kappa shape index (κ3) is 3.57. The maximum Gasteiger partial charge on any atom is 0.239 e. The van der Waals surface area contributed by atoms with Crippen LogP contribution in [-0.4, -0.2) is 37.5 Å². The summed E-state index contributed by atoms with van der Waals surface area (Å²) in [4.78, 5) is 13.7. The molecule has 1 saturated heterocycles. The van der Waals surface area contributed by atoms with E-state index in [1.54, 1.807) is 25.1 Å². The van der Waals surface area contributed by atoms with Crippen molar-refractivity contribution in [2.75, 3.05) is 20.6 Å². The molecule has 20 heavy (non-hydrogen) atoms. The van der Waals surface area contributed by atoms with Crippen LogP contribution >= 0.6 is 0 Å². The number of carbonyl (C=O) groups is 1. The Morgan fingerprint density at radius 2 is 2.20 bits per heavy atom. The first-order chi connectivity index (χ1) is 9.47. The molecule has 1 fully saturated rings. The zero-order valence-corrected chi connectivity index (χ0v) is 12.4. The Morgan fingerprint density at radius 1 is 1.45 bits per heavy atom. The zero-order chi connectivity index (χ0) is 14.7. The van der Waals surface area contributed by atoms with Gasteiger partial charge in [-0.2, -0.15) is 0 Å². The largest absolute Gasteiger partial charge is 0.347 e. The van der Waals surface area contributed by atoms with Crippen LogP contribution in [0.15, 0.2) is 18.2 Å². The fraction of sp³-hybridized carbons (Fsp3) is 0.562. The van der Waals surface area contributed by atoms with E-state index < -0.39 is 0 Å². The fourth-order valence-electron chi connectivity index (χ4n) is 2.88. The van der Waals surface area contributed by atoms with Crippen LogP contribution < -0.4 is 5.32 Å². The molecule has 0 bridgehead atoms. The molecule has 0 saturated carbocycles. The van der Waals surface area contributed by atoms with Crippen LogP contribution in [0.3, 0.4) is 0 Å². The van der Waals surface area contributed by atoms with E-state index in [0.29, 0.717) is 5.92 Å². The van der Waals surface area contributed by atoms with Crippen LogP contribution in [0.5, 0.6) is 0 Å². The molecule has 0 aliphatic carbocycles. The van der Waals surface area contributed by atoms with Gasteiger partial charge in [-0.15, -0.1) is 0 Å². The number of halogens is 1. The molecule has 0 aromatic heterocycles. The van der Waals surface area contributed by atoms with Crippen molar-refractivity contribution < 1.29 is 9.18 Å². The summed E-state index contributed by atoms with van der Waals surface area (Å²) in [6.45, 7) is 2.82. The number of piperidine rings is 1. The number of hydrogen-bond donors (Lipinski definition) is 1. The summed E-state index contributed by atoms with van der Waals surface area (Å²) in [5.74, 6) is 0.442. The summed E-state index contributed by atoms with van der Waals surface area (Å²) in [6, 6.07) is 4.89. The predicted octanol–water partition coefficient (Wildman–Crippen LogP) is 2.13. The standard InChI is InChI=1S/C16H23FN2O/c1-11-8-14(17)5-4-13(11)9-12-6-7-18-15(10-12)16(20)19(2)3/h4-5,8,12,15,18H,6-7,9-10H2,1-3H3. The molecule has 4 heteroatoms. The molecule has 2 rings (SSSR count). The second-order valence-electron chi connectivity index (χ2n) is 5.90. The summed E-state index contributed by atoms with van der Waals surface area (Å²) in [6.07, 6.45) is 2.84. The lowest BCUT2D eigenvalue weighted by atomic mass is 9.85. The molecule has 1 N–H and O–H groups in total. The number of hydrogen-bond acceptors (Lipinski definition) is 2. The molecule has 1 amide bonds. The van der Waals surface area contributed by atoms with E-state index in [1.807, 2.05) is 13.0 Å². The average molecular weight is 278 g/mol. The Morgan fingerprint density at radius 3 is 2.85 bits per heavy atom. The number of amides is 1. The number of aryl methyl sites for hydroxylation is 1. The lowest BCUT2D eigenvalue weighted by Gasteiger charge is -2.31. The molecule has 1 aliphatic heterocycles. The van der Waals surface area contributed by atoms with Gasteiger partial charge in [0, 0.05) is 14.1 Å². The third-order valence-electron chi connectivity index (χ3n) is 4.06. The normalized spacial score (nSPS) is 22.6. The first kappa shape index (κ1) is 15.0. The lowest BCUT2D eigenvalue weighted by Crippen LogP contribution is -2.48.